The van der Waals surface area contributed by atoms with Crippen LogP contribution in [0, 0.1) is 5.82 Å². The van der Waals surface area contributed by atoms with Gasteiger partial charge in [0.2, 0.25) is 0 Å². The molecule has 0 aliphatic rings. The van der Waals surface area contributed by atoms with E-state index in [9.17, 15) is 4.39 Å². The van der Waals surface area contributed by atoms with Crippen LogP contribution >= 0.6 is 0 Å². The molecular formula is C16H19FN2O2. The topological polar surface area (TPSA) is 56.5 Å². The molecule has 0 aliphatic heterocycles. The zero-order chi connectivity index (χ0) is 15.2. The molecule has 5 heteroatoms. The van der Waals surface area contributed by atoms with Gasteiger partial charge in [0.15, 0.2) is 0 Å². The summed E-state index contributed by atoms with van der Waals surface area (Å²) in [5.74, 6) is 1.12. The Morgan fingerprint density at radius 1 is 1.14 bits per heavy atom. The minimum Gasteiger partial charge on any atom is -0.497 e. The van der Waals surface area contributed by atoms with E-state index in [0.29, 0.717) is 23.7 Å². The summed E-state index contributed by atoms with van der Waals surface area (Å²) in [6.45, 7) is 0.333. The normalized spacial score (nSPS) is 11.8. The lowest BCUT2D eigenvalue weighted by atomic mass is 10.0. The molecule has 0 radical (unpaired) electrons. The number of nitrogens with one attached hydrogen (secondary N) is 1. The number of hydrogen-bond donors (Lipinski definition) is 2. The van der Waals surface area contributed by atoms with Crippen LogP contribution in [0.15, 0.2) is 42.5 Å². The van der Waals surface area contributed by atoms with Crippen molar-refractivity contribution in [3.8, 4) is 11.5 Å². The Bertz CT molecular complexity index is 605. The second-order valence-electron chi connectivity index (χ2n) is 4.55. The van der Waals surface area contributed by atoms with Crippen molar-refractivity contribution < 1.29 is 13.9 Å². The Balaban J connectivity index is 2.32. The van der Waals surface area contributed by atoms with Crippen LogP contribution in [-0.4, -0.2) is 20.8 Å². The first-order valence-corrected chi connectivity index (χ1v) is 6.62. The van der Waals surface area contributed by atoms with Gasteiger partial charge in [-0.2, -0.15) is 0 Å². The highest BCUT2D eigenvalue weighted by molar-refractivity contribution is 5.50. The van der Waals surface area contributed by atoms with E-state index in [2.05, 4.69) is 5.32 Å². The van der Waals surface area contributed by atoms with Gasteiger partial charge in [-0.1, -0.05) is 6.07 Å². The molecule has 0 spiro atoms. The molecule has 4 nitrogen and oxygen atoms in total. The summed E-state index contributed by atoms with van der Waals surface area (Å²) in [5, 5.41) is 3.21. The second-order valence-corrected chi connectivity index (χ2v) is 4.55. The molecule has 0 saturated heterocycles. The third-order valence-electron chi connectivity index (χ3n) is 3.21. The number of halogens is 1. The Kier molecular flexibility index (Phi) is 5.00. The van der Waals surface area contributed by atoms with Crippen molar-refractivity contribution in [2.45, 2.75) is 6.04 Å². The Labute approximate surface area is 123 Å². The van der Waals surface area contributed by atoms with Crippen LogP contribution in [0.4, 0.5) is 10.1 Å². The third kappa shape index (κ3) is 3.64. The minimum absolute atomic E-state index is 0.211. The highest BCUT2D eigenvalue weighted by Crippen LogP contribution is 2.31. The van der Waals surface area contributed by atoms with Crippen molar-refractivity contribution in [3.63, 3.8) is 0 Å². The first-order chi connectivity index (χ1) is 10.2. The van der Waals surface area contributed by atoms with E-state index >= 15 is 0 Å². The monoisotopic (exact) mass is 290 g/mol. The fourth-order valence-electron chi connectivity index (χ4n) is 2.15. The van der Waals surface area contributed by atoms with Crippen LogP contribution in [0.25, 0.3) is 0 Å². The summed E-state index contributed by atoms with van der Waals surface area (Å²) in [6.07, 6.45) is 0. The molecule has 0 aromatic heterocycles. The highest BCUT2D eigenvalue weighted by Gasteiger charge is 2.16. The van der Waals surface area contributed by atoms with Gasteiger partial charge in [-0.15, -0.1) is 0 Å². The first kappa shape index (κ1) is 15.1. The molecule has 1 atom stereocenters. The minimum atomic E-state index is -0.298. The molecule has 2 rings (SSSR count). The van der Waals surface area contributed by atoms with E-state index < -0.39 is 0 Å². The molecule has 0 amide bonds. The van der Waals surface area contributed by atoms with Gasteiger partial charge in [0.05, 0.1) is 20.3 Å². The van der Waals surface area contributed by atoms with Gasteiger partial charge < -0.3 is 20.5 Å². The summed E-state index contributed by atoms with van der Waals surface area (Å²) >= 11 is 0. The van der Waals surface area contributed by atoms with Crippen molar-refractivity contribution in [1.82, 2.24) is 0 Å². The Morgan fingerprint density at radius 2 is 1.95 bits per heavy atom. The van der Waals surface area contributed by atoms with Crippen LogP contribution in [0.2, 0.25) is 0 Å². The van der Waals surface area contributed by atoms with E-state index in [-0.39, 0.29) is 11.9 Å². The molecule has 0 saturated carbocycles. The lowest BCUT2D eigenvalue weighted by Crippen LogP contribution is -2.21. The SMILES string of the molecule is COc1ccc(OC)c(C(CN)Nc2cccc(F)c2)c1. The van der Waals surface area contributed by atoms with Crippen LogP contribution in [0.5, 0.6) is 11.5 Å². The van der Waals surface area contributed by atoms with Crippen molar-refractivity contribution in [3.05, 3.63) is 53.8 Å². The highest BCUT2D eigenvalue weighted by atomic mass is 19.1. The Hall–Kier alpha value is -2.27. The standard InChI is InChI=1S/C16H19FN2O2/c1-20-13-6-7-16(21-2)14(9-13)15(10-18)19-12-5-3-4-11(17)8-12/h3-9,15,19H,10,18H2,1-2H3. The van der Waals surface area contributed by atoms with Crippen molar-refractivity contribution in [1.29, 1.82) is 0 Å². The number of hydrogen-bond acceptors (Lipinski definition) is 4. The van der Waals surface area contributed by atoms with Crippen LogP contribution in [0.3, 0.4) is 0 Å². The maximum atomic E-state index is 13.3. The molecular weight excluding hydrogens is 271 g/mol. The first-order valence-electron chi connectivity index (χ1n) is 6.62. The van der Waals surface area contributed by atoms with Gasteiger partial charge in [-0.25, -0.2) is 4.39 Å². The smallest absolute Gasteiger partial charge is 0.125 e. The van der Waals surface area contributed by atoms with Gasteiger partial charge in [0, 0.05) is 17.8 Å². The summed E-state index contributed by atoms with van der Waals surface area (Å²) in [5.41, 5.74) is 7.38. The van der Waals surface area contributed by atoms with Gasteiger partial charge >= 0.3 is 0 Å². The summed E-state index contributed by atoms with van der Waals surface area (Å²) in [7, 11) is 3.20. The van der Waals surface area contributed by atoms with Crippen molar-refractivity contribution in [2.24, 2.45) is 5.73 Å². The molecule has 112 valence electrons. The Morgan fingerprint density at radius 3 is 2.57 bits per heavy atom. The lowest BCUT2D eigenvalue weighted by molar-refractivity contribution is 0.396. The number of methoxy groups -OCH3 is 2. The van der Waals surface area contributed by atoms with Crippen molar-refractivity contribution >= 4 is 5.69 Å². The fraction of sp³-hybridized carbons (Fsp3) is 0.250. The van der Waals surface area contributed by atoms with Gasteiger partial charge in [-0.3, -0.25) is 0 Å². The molecule has 2 aromatic rings. The summed E-state index contributed by atoms with van der Waals surface area (Å²) in [4.78, 5) is 0. The zero-order valence-electron chi connectivity index (χ0n) is 12.1. The fourth-order valence-corrected chi connectivity index (χ4v) is 2.15. The van der Waals surface area contributed by atoms with Gasteiger partial charge in [0.25, 0.3) is 0 Å². The molecule has 0 bridgehead atoms. The maximum Gasteiger partial charge on any atom is 0.125 e. The van der Waals surface area contributed by atoms with Crippen LogP contribution < -0.4 is 20.5 Å². The molecule has 1 unspecified atom stereocenters. The lowest BCUT2D eigenvalue weighted by Gasteiger charge is -2.21. The number of rotatable bonds is 6. The largest absolute Gasteiger partial charge is 0.497 e. The van der Waals surface area contributed by atoms with E-state index in [0.717, 1.165) is 5.56 Å². The van der Waals surface area contributed by atoms with E-state index in [1.165, 1.54) is 12.1 Å². The maximum absolute atomic E-state index is 13.3. The molecule has 21 heavy (non-hydrogen) atoms. The van der Waals surface area contributed by atoms with E-state index in [1.807, 2.05) is 18.2 Å². The number of anilines is 1. The van der Waals surface area contributed by atoms with Crippen LogP contribution in [-0.2, 0) is 0 Å². The predicted octanol–water partition coefficient (Wildman–Crippen LogP) is 2.95. The summed E-state index contributed by atoms with van der Waals surface area (Å²) in [6, 6.07) is 11.6. The number of nitrogens with two attached hydrogens (primary N) is 1. The molecule has 2 aromatic carbocycles. The van der Waals surface area contributed by atoms with E-state index in [4.69, 9.17) is 15.2 Å². The molecule has 0 heterocycles. The summed E-state index contributed by atoms with van der Waals surface area (Å²) < 4.78 is 23.9. The molecule has 0 fully saturated rings. The third-order valence-corrected chi connectivity index (χ3v) is 3.21. The zero-order valence-corrected chi connectivity index (χ0v) is 12.1. The predicted molar refractivity (Wildman–Crippen MR) is 81.4 cm³/mol. The number of benzene rings is 2. The second kappa shape index (κ2) is 6.95. The van der Waals surface area contributed by atoms with Crippen LogP contribution in [0.1, 0.15) is 11.6 Å². The van der Waals surface area contributed by atoms with Crippen molar-refractivity contribution in [2.75, 3.05) is 26.1 Å². The van der Waals surface area contributed by atoms with E-state index in [1.54, 1.807) is 26.4 Å². The van der Waals surface area contributed by atoms with Gasteiger partial charge in [0.1, 0.15) is 17.3 Å². The molecule has 0 aliphatic carbocycles. The molecule has 3 N–H and O–H groups in total. The quantitative estimate of drug-likeness (QED) is 0.859. The average molecular weight is 290 g/mol. The average Bonchev–Trinajstić information content (AvgIpc) is 2.52. The number of ether oxygens (including phenoxy) is 2. The van der Waals surface area contributed by atoms with Gasteiger partial charge in [-0.05, 0) is 36.4 Å².